The number of hydrogen-bond acceptors (Lipinski definition) is 6. The van der Waals surface area contributed by atoms with Crippen molar-refractivity contribution in [1.29, 1.82) is 0 Å². The molecule has 1 aliphatic rings. The predicted octanol–water partition coefficient (Wildman–Crippen LogP) is 5.68. The number of rotatable bonds is 8. The van der Waals surface area contributed by atoms with Gasteiger partial charge in [-0.3, -0.25) is 14.6 Å². The Labute approximate surface area is 240 Å². The van der Waals surface area contributed by atoms with Gasteiger partial charge in [0.05, 0.1) is 19.9 Å². The highest BCUT2D eigenvalue weighted by Gasteiger charge is 2.23. The van der Waals surface area contributed by atoms with E-state index >= 15 is 0 Å². The number of benzene rings is 3. The zero-order chi connectivity index (χ0) is 28.8. The minimum Gasteiger partial charge on any atom is -0.497 e. The van der Waals surface area contributed by atoms with Gasteiger partial charge < -0.3 is 24.6 Å². The first-order valence-electron chi connectivity index (χ1n) is 13.7. The molecule has 41 heavy (non-hydrogen) atoms. The minimum atomic E-state index is -0.170. The summed E-state index contributed by atoms with van der Waals surface area (Å²) < 4.78 is 10.7. The Hall–Kier alpha value is -4.85. The lowest BCUT2D eigenvalue weighted by molar-refractivity contribution is 0.0746. The molecule has 8 nitrogen and oxygen atoms in total. The van der Waals surface area contributed by atoms with Gasteiger partial charge in [-0.2, -0.15) is 0 Å². The largest absolute Gasteiger partial charge is 0.497 e. The number of piperazine rings is 1. The molecule has 8 heteroatoms. The molecule has 2 heterocycles. The number of aryl methyl sites for hydroxylation is 1. The lowest BCUT2D eigenvalue weighted by Gasteiger charge is -2.36. The van der Waals surface area contributed by atoms with Gasteiger partial charge >= 0.3 is 0 Å². The Bertz CT molecular complexity index is 1510. The number of amides is 2. The number of methoxy groups -OCH3 is 1. The van der Waals surface area contributed by atoms with E-state index in [0.29, 0.717) is 36.5 Å². The number of pyridine rings is 1. The first-order valence-corrected chi connectivity index (χ1v) is 13.7. The molecule has 0 unspecified atom stereocenters. The van der Waals surface area contributed by atoms with Crippen molar-refractivity contribution in [3.05, 3.63) is 102 Å². The molecule has 3 aromatic carbocycles. The van der Waals surface area contributed by atoms with Gasteiger partial charge in [0.1, 0.15) is 11.5 Å². The van der Waals surface area contributed by atoms with Crippen LogP contribution in [0.15, 0.2) is 85.2 Å². The lowest BCUT2D eigenvalue weighted by atomic mass is 9.99. The number of carbonyl (C=O) groups excluding carboxylic acids is 2. The van der Waals surface area contributed by atoms with Crippen LogP contribution in [0.4, 0.5) is 11.4 Å². The van der Waals surface area contributed by atoms with Crippen molar-refractivity contribution >= 4 is 23.2 Å². The summed E-state index contributed by atoms with van der Waals surface area (Å²) in [6.45, 7) is 7.22. The van der Waals surface area contributed by atoms with Crippen molar-refractivity contribution in [3.63, 3.8) is 0 Å². The van der Waals surface area contributed by atoms with Crippen LogP contribution in [0.1, 0.15) is 33.2 Å². The van der Waals surface area contributed by atoms with Crippen LogP contribution in [0.25, 0.3) is 11.1 Å². The molecule has 5 rings (SSSR count). The van der Waals surface area contributed by atoms with Gasteiger partial charge in [0.25, 0.3) is 11.8 Å². The average molecular weight is 551 g/mol. The normalized spacial score (nSPS) is 13.0. The van der Waals surface area contributed by atoms with Crippen molar-refractivity contribution in [2.45, 2.75) is 13.8 Å². The molecular weight excluding hydrogens is 516 g/mol. The van der Waals surface area contributed by atoms with Crippen LogP contribution in [0.5, 0.6) is 11.5 Å². The quantitative estimate of drug-likeness (QED) is 0.304. The standard InChI is InChI=1S/C33H34N4O4/c1-4-41-30-20-26(21-34-22-30)31-14-7-25(19-23(31)2)33(39)37-17-15-36(16-18-37)28-10-5-24(6-11-28)32(38)35-27-8-12-29(40-3)13-9-27/h5-14,19-22H,4,15-18H2,1-3H3,(H,35,38). The summed E-state index contributed by atoms with van der Waals surface area (Å²) in [5, 5.41) is 2.91. The second-order valence-electron chi connectivity index (χ2n) is 9.88. The topological polar surface area (TPSA) is 84.0 Å². The molecule has 210 valence electrons. The summed E-state index contributed by atoms with van der Waals surface area (Å²) in [5.41, 5.74) is 6.01. The maximum atomic E-state index is 13.3. The van der Waals surface area contributed by atoms with Crippen LogP contribution < -0.4 is 19.7 Å². The summed E-state index contributed by atoms with van der Waals surface area (Å²) in [6.07, 6.45) is 3.51. The van der Waals surface area contributed by atoms with Gasteiger partial charge in [-0.1, -0.05) is 6.07 Å². The van der Waals surface area contributed by atoms with E-state index in [1.54, 1.807) is 37.6 Å². The van der Waals surface area contributed by atoms with E-state index in [1.165, 1.54) is 0 Å². The van der Waals surface area contributed by atoms with E-state index in [2.05, 4.69) is 15.2 Å². The average Bonchev–Trinajstić information content (AvgIpc) is 3.01. The molecule has 0 radical (unpaired) electrons. The summed E-state index contributed by atoms with van der Waals surface area (Å²) in [4.78, 5) is 34.4. The molecule has 4 aromatic rings. The van der Waals surface area contributed by atoms with E-state index < -0.39 is 0 Å². The maximum absolute atomic E-state index is 13.3. The number of hydrogen-bond donors (Lipinski definition) is 1. The Morgan fingerprint density at radius 3 is 2.22 bits per heavy atom. The molecule has 0 aliphatic carbocycles. The molecule has 1 aromatic heterocycles. The molecule has 1 aliphatic heterocycles. The SMILES string of the molecule is CCOc1cncc(-c2ccc(C(=O)N3CCN(c4ccc(C(=O)Nc5ccc(OC)cc5)cc4)CC3)cc2C)c1. The zero-order valence-corrected chi connectivity index (χ0v) is 23.6. The van der Waals surface area contributed by atoms with Crippen molar-refractivity contribution in [2.24, 2.45) is 0 Å². The predicted molar refractivity (Wildman–Crippen MR) is 161 cm³/mol. The monoisotopic (exact) mass is 550 g/mol. The van der Waals surface area contributed by atoms with Crippen LogP contribution in [0, 0.1) is 6.92 Å². The van der Waals surface area contributed by atoms with Gasteiger partial charge in [-0.05, 0) is 91.7 Å². The van der Waals surface area contributed by atoms with Crippen molar-refractivity contribution < 1.29 is 19.1 Å². The maximum Gasteiger partial charge on any atom is 0.255 e. The smallest absolute Gasteiger partial charge is 0.255 e. The molecular formula is C33H34N4O4. The van der Waals surface area contributed by atoms with Gasteiger partial charge in [-0.25, -0.2) is 0 Å². The first kappa shape index (κ1) is 27.7. The highest BCUT2D eigenvalue weighted by molar-refractivity contribution is 6.04. The molecule has 1 N–H and O–H groups in total. The fourth-order valence-electron chi connectivity index (χ4n) is 4.98. The van der Waals surface area contributed by atoms with E-state index in [-0.39, 0.29) is 11.8 Å². The summed E-state index contributed by atoms with van der Waals surface area (Å²) in [5.74, 6) is 1.33. The highest BCUT2D eigenvalue weighted by Crippen LogP contribution is 2.27. The van der Waals surface area contributed by atoms with E-state index in [4.69, 9.17) is 9.47 Å². The fourth-order valence-corrected chi connectivity index (χ4v) is 4.98. The van der Waals surface area contributed by atoms with E-state index in [1.807, 2.05) is 73.5 Å². The molecule has 0 bridgehead atoms. The number of nitrogens with one attached hydrogen (secondary N) is 1. The third-order valence-corrected chi connectivity index (χ3v) is 7.22. The van der Waals surface area contributed by atoms with E-state index in [9.17, 15) is 9.59 Å². The number of nitrogens with zero attached hydrogens (tertiary/aromatic N) is 3. The second-order valence-corrected chi connectivity index (χ2v) is 9.88. The Kier molecular flexibility index (Phi) is 8.48. The summed E-state index contributed by atoms with van der Waals surface area (Å²) >= 11 is 0. The van der Waals surface area contributed by atoms with Crippen LogP contribution in [0.2, 0.25) is 0 Å². The van der Waals surface area contributed by atoms with Crippen LogP contribution in [-0.4, -0.2) is 61.6 Å². The lowest BCUT2D eigenvalue weighted by Crippen LogP contribution is -2.48. The van der Waals surface area contributed by atoms with Crippen molar-refractivity contribution in [1.82, 2.24) is 9.88 Å². The summed E-state index contributed by atoms with van der Waals surface area (Å²) in [7, 11) is 1.61. The molecule has 0 atom stereocenters. The second kappa shape index (κ2) is 12.6. The Morgan fingerprint density at radius 2 is 1.56 bits per heavy atom. The van der Waals surface area contributed by atoms with E-state index in [0.717, 1.165) is 47.0 Å². The number of aromatic nitrogens is 1. The van der Waals surface area contributed by atoms with Crippen molar-refractivity contribution in [2.75, 3.05) is 50.1 Å². The number of carbonyl (C=O) groups is 2. The zero-order valence-electron chi connectivity index (χ0n) is 23.6. The van der Waals surface area contributed by atoms with Gasteiger partial charge in [0.15, 0.2) is 0 Å². The van der Waals surface area contributed by atoms with Gasteiger partial charge in [-0.15, -0.1) is 0 Å². The number of ether oxygens (including phenoxy) is 2. The van der Waals surface area contributed by atoms with Crippen LogP contribution in [-0.2, 0) is 0 Å². The van der Waals surface area contributed by atoms with Crippen molar-refractivity contribution in [3.8, 4) is 22.6 Å². The minimum absolute atomic E-state index is 0.0334. The fraction of sp³-hybridized carbons (Fsp3) is 0.242. The third kappa shape index (κ3) is 6.49. The summed E-state index contributed by atoms with van der Waals surface area (Å²) in [6, 6.07) is 22.6. The first-order chi connectivity index (χ1) is 19.9. The molecule has 2 amide bonds. The highest BCUT2D eigenvalue weighted by atomic mass is 16.5. The Balaban J connectivity index is 1.17. The van der Waals surface area contributed by atoms with Crippen LogP contribution >= 0.6 is 0 Å². The Morgan fingerprint density at radius 1 is 0.854 bits per heavy atom. The molecule has 0 saturated carbocycles. The molecule has 1 fully saturated rings. The molecule has 1 saturated heterocycles. The van der Waals surface area contributed by atoms with Crippen LogP contribution in [0.3, 0.4) is 0 Å². The molecule has 0 spiro atoms. The third-order valence-electron chi connectivity index (χ3n) is 7.22. The van der Waals surface area contributed by atoms with Gasteiger partial charge in [0.2, 0.25) is 0 Å². The number of anilines is 2. The van der Waals surface area contributed by atoms with Gasteiger partial charge in [0, 0.05) is 60.4 Å².